The van der Waals surface area contributed by atoms with Crippen molar-refractivity contribution in [1.29, 1.82) is 0 Å². The van der Waals surface area contributed by atoms with E-state index < -0.39 is 0 Å². The Morgan fingerprint density at radius 1 is 1.31 bits per heavy atom. The molecule has 1 fully saturated rings. The second kappa shape index (κ2) is 7.86. The molecule has 2 heterocycles. The van der Waals surface area contributed by atoms with E-state index in [0.29, 0.717) is 24.5 Å². The van der Waals surface area contributed by atoms with Gasteiger partial charge < -0.3 is 15.4 Å². The Morgan fingerprint density at radius 2 is 2.04 bits per heavy atom. The number of nitrogens with zero attached hydrogens (tertiary/aromatic N) is 2. The van der Waals surface area contributed by atoms with Crippen LogP contribution in [-0.4, -0.2) is 34.3 Å². The first kappa shape index (κ1) is 18.4. The van der Waals surface area contributed by atoms with Gasteiger partial charge >= 0.3 is 0 Å². The molecule has 1 aliphatic heterocycles. The van der Waals surface area contributed by atoms with Gasteiger partial charge in [0.05, 0.1) is 16.6 Å². The van der Waals surface area contributed by atoms with Crippen molar-refractivity contribution in [2.75, 3.05) is 6.54 Å². The lowest BCUT2D eigenvalue weighted by molar-refractivity contribution is -0.123. The standard InChI is InChI=1S/C19H23N3O3S/c1-12-3-4-15(18(20)23)9-22(12)19(24)14-5-7-17(8-6-14)25-10-16-11-26-13(2)21-16/h5-8,11-12,15H,3-4,9-10H2,1-2H3,(H2,20,23)/t12-,15-/m1/s1. The zero-order chi connectivity index (χ0) is 18.7. The van der Waals surface area contributed by atoms with Gasteiger partial charge in [0, 0.05) is 23.5 Å². The summed E-state index contributed by atoms with van der Waals surface area (Å²) < 4.78 is 5.71. The number of aromatic nitrogens is 1. The van der Waals surface area contributed by atoms with Crippen molar-refractivity contribution < 1.29 is 14.3 Å². The molecule has 2 atom stereocenters. The number of likely N-dealkylation sites (tertiary alicyclic amines) is 1. The molecular weight excluding hydrogens is 350 g/mol. The molecular formula is C19H23N3O3S. The maximum absolute atomic E-state index is 12.8. The molecule has 1 aromatic heterocycles. The topological polar surface area (TPSA) is 85.5 Å². The molecule has 7 heteroatoms. The second-order valence-electron chi connectivity index (χ2n) is 6.65. The van der Waals surface area contributed by atoms with Gasteiger partial charge in [-0.1, -0.05) is 0 Å². The highest BCUT2D eigenvalue weighted by Gasteiger charge is 2.32. The van der Waals surface area contributed by atoms with Crippen LogP contribution in [0.25, 0.3) is 0 Å². The summed E-state index contributed by atoms with van der Waals surface area (Å²) in [7, 11) is 0. The van der Waals surface area contributed by atoms with Crippen molar-refractivity contribution in [3.8, 4) is 5.75 Å². The van der Waals surface area contributed by atoms with Gasteiger partial charge in [-0.2, -0.15) is 0 Å². The molecule has 0 saturated carbocycles. The maximum Gasteiger partial charge on any atom is 0.254 e. The van der Waals surface area contributed by atoms with E-state index in [0.717, 1.165) is 23.5 Å². The first-order chi connectivity index (χ1) is 12.4. The Hall–Kier alpha value is -2.41. The average Bonchev–Trinajstić information content (AvgIpc) is 3.05. The summed E-state index contributed by atoms with van der Waals surface area (Å²) in [6, 6.07) is 7.18. The third-order valence-electron chi connectivity index (χ3n) is 4.70. The summed E-state index contributed by atoms with van der Waals surface area (Å²) in [5.41, 5.74) is 6.90. The van der Waals surface area contributed by atoms with Crippen LogP contribution in [-0.2, 0) is 11.4 Å². The Kier molecular flexibility index (Phi) is 5.56. The van der Waals surface area contributed by atoms with E-state index in [1.54, 1.807) is 40.5 Å². The molecule has 1 aromatic carbocycles. The predicted octanol–water partition coefficient (Wildman–Crippen LogP) is 2.76. The highest BCUT2D eigenvalue weighted by Crippen LogP contribution is 2.24. The predicted molar refractivity (Wildman–Crippen MR) is 100 cm³/mol. The van der Waals surface area contributed by atoms with Crippen molar-refractivity contribution >= 4 is 23.2 Å². The number of ether oxygens (including phenoxy) is 1. The number of nitrogens with two attached hydrogens (primary N) is 1. The molecule has 0 bridgehead atoms. The molecule has 0 spiro atoms. The van der Waals surface area contributed by atoms with Crippen molar-refractivity contribution in [3.05, 3.63) is 45.9 Å². The highest BCUT2D eigenvalue weighted by atomic mass is 32.1. The first-order valence-corrected chi connectivity index (χ1v) is 9.56. The van der Waals surface area contributed by atoms with Crippen LogP contribution in [0, 0.1) is 12.8 Å². The minimum absolute atomic E-state index is 0.0786. The van der Waals surface area contributed by atoms with Gasteiger partial charge in [-0.25, -0.2) is 4.98 Å². The lowest BCUT2D eigenvalue weighted by atomic mass is 9.92. The van der Waals surface area contributed by atoms with Crippen LogP contribution in [0.4, 0.5) is 0 Å². The molecule has 1 aliphatic rings. The summed E-state index contributed by atoms with van der Waals surface area (Å²) in [5, 5.41) is 2.98. The number of hydrogen-bond acceptors (Lipinski definition) is 5. The van der Waals surface area contributed by atoms with E-state index >= 15 is 0 Å². The van der Waals surface area contributed by atoms with Gasteiger partial charge in [-0.05, 0) is 51.0 Å². The number of amides is 2. The van der Waals surface area contributed by atoms with E-state index in [4.69, 9.17) is 10.5 Å². The summed E-state index contributed by atoms with van der Waals surface area (Å²) >= 11 is 1.59. The fraction of sp³-hybridized carbons (Fsp3) is 0.421. The van der Waals surface area contributed by atoms with Gasteiger partial charge in [0.1, 0.15) is 12.4 Å². The van der Waals surface area contributed by atoms with Crippen LogP contribution in [0.15, 0.2) is 29.6 Å². The van der Waals surface area contributed by atoms with Gasteiger partial charge in [-0.3, -0.25) is 9.59 Å². The van der Waals surface area contributed by atoms with Gasteiger partial charge in [0.15, 0.2) is 0 Å². The van der Waals surface area contributed by atoms with E-state index in [9.17, 15) is 9.59 Å². The van der Waals surface area contributed by atoms with E-state index in [2.05, 4.69) is 4.98 Å². The third kappa shape index (κ3) is 4.22. The van der Waals surface area contributed by atoms with Crippen LogP contribution in [0.3, 0.4) is 0 Å². The summed E-state index contributed by atoms with van der Waals surface area (Å²) in [4.78, 5) is 30.4. The molecule has 0 unspecified atom stereocenters. The number of thiazole rings is 1. The van der Waals surface area contributed by atoms with Crippen LogP contribution >= 0.6 is 11.3 Å². The normalized spacial score (nSPS) is 20.0. The Labute approximate surface area is 157 Å². The molecule has 26 heavy (non-hydrogen) atoms. The first-order valence-electron chi connectivity index (χ1n) is 8.68. The second-order valence-corrected chi connectivity index (χ2v) is 7.72. The Morgan fingerprint density at radius 3 is 2.65 bits per heavy atom. The number of aryl methyl sites for hydroxylation is 1. The van der Waals surface area contributed by atoms with Gasteiger partial charge in [0.2, 0.25) is 5.91 Å². The third-order valence-corrected chi connectivity index (χ3v) is 5.52. The van der Waals surface area contributed by atoms with Crippen LogP contribution in [0.1, 0.15) is 40.8 Å². The molecule has 138 valence electrons. The van der Waals surface area contributed by atoms with E-state index in [1.165, 1.54) is 0 Å². The summed E-state index contributed by atoms with van der Waals surface area (Å²) in [6.45, 7) is 4.75. The smallest absolute Gasteiger partial charge is 0.254 e. The SMILES string of the molecule is Cc1nc(COc2ccc(C(=O)N3C[C@H](C(N)=O)CC[C@H]3C)cc2)cs1. The minimum atomic E-state index is -0.337. The van der Waals surface area contributed by atoms with Crippen LogP contribution in [0.5, 0.6) is 5.75 Å². The van der Waals surface area contributed by atoms with E-state index in [-0.39, 0.29) is 23.8 Å². The summed E-state index contributed by atoms with van der Waals surface area (Å²) in [6.07, 6.45) is 1.52. The van der Waals surface area contributed by atoms with Gasteiger partial charge in [0.25, 0.3) is 5.91 Å². The number of hydrogen-bond donors (Lipinski definition) is 1. The zero-order valence-corrected chi connectivity index (χ0v) is 15.8. The maximum atomic E-state index is 12.8. The molecule has 0 radical (unpaired) electrons. The molecule has 0 aliphatic carbocycles. The molecule has 3 rings (SSSR count). The highest BCUT2D eigenvalue weighted by molar-refractivity contribution is 7.09. The van der Waals surface area contributed by atoms with Crippen molar-refractivity contribution in [2.24, 2.45) is 11.7 Å². The molecule has 2 N–H and O–H groups in total. The minimum Gasteiger partial charge on any atom is -0.487 e. The van der Waals surface area contributed by atoms with Crippen molar-refractivity contribution in [3.63, 3.8) is 0 Å². The van der Waals surface area contributed by atoms with Gasteiger partial charge in [-0.15, -0.1) is 11.3 Å². The number of piperidine rings is 1. The fourth-order valence-electron chi connectivity index (χ4n) is 3.11. The van der Waals surface area contributed by atoms with Crippen molar-refractivity contribution in [2.45, 2.75) is 39.3 Å². The monoisotopic (exact) mass is 373 g/mol. The number of rotatable bonds is 5. The number of benzene rings is 1. The van der Waals surface area contributed by atoms with Crippen LogP contribution < -0.4 is 10.5 Å². The number of carbonyl (C=O) groups is 2. The fourth-order valence-corrected chi connectivity index (χ4v) is 3.71. The molecule has 2 aromatic rings. The summed E-state index contributed by atoms with van der Waals surface area (Å²) in [5.74, 6) is 0.00841. The van der Waals surface area contributed by atoms with Crippen molar-refractivity contribution in [1.82, 2.24) is 9.88 Å². The molecule has 6 nitrogen and oxygen atoms in total. The molecule has 1 saturated heterocycles. The Bertz CT molecular complexity index is 788. The lowest BCUT2D eigenvalue weighted by Gasteiger charge is -2.37. The Balaban J connectivity index is 1.63. The molecule has 2 amide bonds. The van der Waals surface area contributed by atoms with E-state index in [1.807, 2.05) is 19.2 Å². The quantitative estimate of drug-likeness (QED) is 0.873. The zero-order valence-electron chi connectivity index (χ0n) is 15.0. The number of primary amides is 1. The van der Waals surface area contributed by atoms with Crippen LogP contribution in [0.2, 0.25) is 0 Å². The lowest BCUT2D eigenvalue weighted by Crippen LogP contribution is -2.48. The average molecular weight is 373 g/mol. The largest absolute Gasteiger partial charge is 0.487 e. The number of carbonyl (C=O) groups excluding carboxylic acids is 2.